The second-order valence-electron chi connectivity index (χ2n) is 4.12. The molecule has 102 valence electrons. The van der Waals surface area contributed by atoms with Crippen molar-refractivity contribution < 1.29 is 9.13 Å². The molecule has 20 heavy (non-hydrogen) atoms. The highest BCUT2D eigenvalue weighted by Gasteiger charge is 2.05. The fourth-order valence-corrected chi connectivity index (χ4v) is 2.13. The Kier molecular flexibility index (Phi) is 4.59. The quantitative estimate of drug-likeness (QED) is 0.916. The smallest absolute Gasteiger partial charge is 0.146 e. The van der Waals surface area contributed by atoms with Crippen LogP contribution in [-0.4, -0.2) is 7.11 Å². The summed E-state index contributed by atoms with van der Waals surface area (Å²) in [5.41, 5.74) is 1.80. The minimum Gasteiger partial charge on any atom is -0.495 e. The van der Waals surface area contributed by atoms with Gasteiger partial charge in [0.1, 0.15) is 17.6 Å². The van der Waals surface area contributed by atoms with E-state index < -0.39 is 0 Å². The lowest BCUT2D eigenvalue weighted by molar-refractivity contribution is 0.413. The highest BCUT2D eigenvalue weighted by Crippen LogP contribution is 2.23. The third-order valence-corrected chi connectivity index (χ3v) is 3.29. The van der Waals surface area contributed by atoms with Gasteiger partial charge >= 0.3 is 0 Å². The van der Waals surface area contributed by atoms with E-state index >= 15 is 0 Å². The molecule has 0 amide bonds. The summed E-state index contributed by atoms with van der Waals surface area (Å²) in [6.07, 6.45) is 0. The number of nitriles is 1. The number of ether oxygens (including phenoxy) is 1. The van der Waals surface area contributed by atoms with Crippen molar-refractivity contribution in [2.24, 2.45) is 0 Å². The molecule has 1 N–H and O–H groups in total. The monoisotopic (exact) mass is 334 g/mol. The average molecular weight is 335 g/mol. The molecule has 0 spiro atoms. The molecule has 0 heterocycles. The summed E-state index contributed by atoms with van der Waals surface area (Å²) in [4.78, 5) is 0. The van der Waals surface area contributed by atoms with E-state index in [1.165, 1.54) is 13.2 Å². The van der Waals surface area contributed by atoms with E-state index in [1.807, 2.05) is 6.07 Å². The van der Waals surface area contributed by atoms with Crippen LogP contribution in [0.5, 0.6) is 5.75 Å². The SMILES string of the molecule is COc1cc(CNc2cc(Br)ccc2F)ccc1C#N. The largest absolute Gasteiger partial charge is 0.495 e. The fraction of sp³-hybridized carbons (Fsp3) is 0.133. The van der Waals surface area contributed by atoms with E-state index in [4.69, 9.17) is 10.00 Å². The summed E-state index contributed by atoms with van der Waals surface area (Å²) >= 11 is 3.30. The van der Waals surface area contributed by atoms with Gasteiger partial charge in [0.15, 0.2) is 0 Å². The van der Waals surface area contributed by atoms with E-state index in [0.717, 1.165) is 10.0 Å². The number of hydrogen-bond acceptors (Lipinski definition) is 3. The molecule has 0 aromatic heterocycles. The van der Waals surface area contributed by atoms with Crippen LogP contribution in [0.1, 0.15) is 11.1 Å². The minimum absolute atomic E-state index is 0.311. The molecule has 0 atom stereocenters. The van der Waals surface area contributed by atoms with Crippen molar-refractivity contribution >= 4 is 21.6 Å². The summed E-state index contributed by atoms with van der Waals surface area (Å²) in [5, 5.41) is 11.9. The zero-order valence-corrected chi connectivity index (χ0v) is 12.4. The Bertz CT molecular complexity index is 667. The Hall–Kier alpha value is -2.06. The van der Waals surface area contributed by atoms with Crippen molar-refractivity contribution in [1.82, 2.24) is 0 Å². The highest BCUT2D eigenvalue weighted by atomic mass is 79.9. The summed E-state index contributed by atoms with van der Waals surface area (Å²) < 4.78 is 19.5. The zero-order chi connectivity index (χ0) is 14.5. The van der Waals surface area contributed by atoms with Crippen LogP contribution in [0.3, 0.4) is 0 Å². The maximum absolute atomic E-state index is 13.6. The second kappa shape index (κ2) is 6.40. The van der Waals surface area contributed by atoms with Gasteiger partial charge in [-0.15, -0.1) is 0 Å². The van der Waals surface area contributed by atoms with Crippen molar-refractivity contribution in [2.45, 2.75) is 6.54 Å². The van der Waals surface area contributed by atoms with Gasteiger partial charge < -0.3 is 10.1 Å². The number of rotatable bonds is 4. The zero-order valence-electron chi connectivity index (χ0n) is 10.8. The number of benzene rings is 2. The maximum atomic E-state index is 13.6. The summed E-state index contributed by atoms with van der Waals surface area (Å²) in [5.74, 6) is 0.204. The number of hydrogen-bond donors (Lipinski definition) is 1. The van der Waals surface area contributed by atoms with Crippen molar-refractivity contribution in [1.29, 1.82) is 5.26 Å². The molecule has 0 fully saturated rings. The van der Waals surface area contributed by atoms with Crippen LogP contribution in [0.15, 0.2) is 40.9 Å². The third kappa shape index (κ3) is 3.28. The van der Waals surface area contributed by atoms with Gasteiger partial charge in [-0.05, 0) is 35.9 Å². The number of methoxy groups -OCH3 is 1. The predicted octanol–water partition coefficient (Wildman–Crippen LogP) is 4.08. The van der Waals surface area contributed by atoms with Gasteiger partial charge in [-0.3, -0.25) is 0 Å². The highest BCUT2D eigenvalue weighted by molar-refractivity contribution is 9.10. The standard InChI is InChI=1S/C15H12BrFN2O/c1-20-15-6-10(2-3-11(15)8-18)9-19-14-7-12(16)4-5-13(14)17/h2-7,19H,9H2,1H3. The molecule has 0 aliphatic heterocycles. The molecular weight excluding hydrogens is 323 g/mol. The molecule has 0 radical (unpaired) electrons. The molecule has 0 aliphatic carbocycles. The first-order chi connectivity index (χ1) is 9.63. The van der Waals surface area contributed by atoms with Gasteiger partial charge in [-0.2, -0.15) is 5.26 Å². The molecule has 3 nitrogen and oxygen atoms in total. The van der Waals surface area contributed by atoms with Crippen LogP contribution in [0.25, 0.3) is 0 Å². The van der Waals surface area contributed by atoms with E-state index in [-0.39, 0.29) is 5.82 Å². The molecule has 2 aromatic carbocycles. The Morgan fingerprint density at radius 2 is 2.10 bits per heavy atom. The Morgan fingerprint density at radius 1 is 1.30 bits per heavy atom. The first-order valence-corrected chi connectivity index (χ1v) is 6.69. The topological polar surface area (TPSA) is 45.0 Å². The maximum Gasteiger partial charge on any atom is 0.146 e. The van der Waals surface area contributed by atoms with Gasteiger partial charge in [0, 0.05) is 11.0 Å². The van der Waals surface area contributed by atoms with Gasteiger partial charge in [-0.25, -0.2) is 4.39 Å². The van der Waals surface area contributed by atoms with Crippen LogP contribution in [0.2, 0.25) is 0 Å². The average Bonchev–Trinajstić information content (AvgIpc) is 2.47. The molecule has 2 rings (SSSR count). The lowest BCUT2D eigenvalue weighted by Crippen LogP contribution is -2.02. The number of nitrogens with zero attached hydrogens (tertiary/aromatic N) is 1. The van der Waals surface area contributed by atoms with Crippen molar-refractivity contribution in [3.63, 3.8) is 0 Å². The van der Waals surface area contributed by atoms with Gasteiger partial charge in [-0.1, -0.05) is 22.0 Å². The second-order valence-corrected chi connectivity index (χ2v) is 5.04. The van der Waals surface area contributed by atoms with E-state index in [1.54, 1.807) is 24.3 Å². The molecule has 2 aromatic rings. The number of anilines is 1. The molecule has 0 saturated heterocycles. The lowest BCUT2D eigenvalue weighted by Gasteiger charge is -2.10. The van der Waals surface area contributed by atoms with E-state index in [0.29, 0.717) is 23.5 Å². The number of nitrogens with one attached hydrogen (secondary N) is 1. The Labute approximate surface area is 125 Å². The Morgan fingerprint density at radius 3 is 2.80 bits per heavy atom. The third-order valence-electron chi connectivity index (χ3n) is 2.80. The molecule has 0 bridgehead atoms. The van der Waals surface area contributed by atoms with Crippen LogP contribution >= 0.6 is 15.9 Å². The molecule has 0 unspecified atom stereocenters. The van der Waals surface area contributed by atoms with E-state index in [9.17, 15) is 4.39 Å². The van der Waals surface area contributed by atoms with Crippen LogP contribution < -0.4 is 10.1 Å². The number of halogens is 2. The molecule has 0 saturated carbocycles. The van der Waals surface area contributed by atoms with E-state index in [2.05, 4.69) is 27.3 Å². The fourth-order valence-electron chi connectivity index (χ4n) is 1.77. The molecule has 0 aliphatic rings. The van der Waals surface area contributed by atoms with Gasteiger partial charge in [0.2, 0.25) is 0 Å². The summed E-state index contributed by atoms with van der Waals surface area (Å²) in [6, 6.07) is 12.0. The van der Waals surface area contributed by atoms with Crippen molar-refractivity contribution in [3.8, 4) is 11.8 Å². The minimum atomic E-state index is -0.311. The first kappa shape index (κ1) is 14.4. The molecule has 5 heteroatoms. The van der Waals surface area contributed by atoms with Crippen LogP contribution in [0.4, 0.5) is 10.1 Å². The van der Waals surface area contributed by atoms with Crippen LogP contribution in [0, 0.1) is 17.1 Å². The normalized spacial score (nSPS) is 9.90. The van der Waals surface area contributed by atoms with Crippen LogP contribution in [-0.2, 0) is 6.54 Å². The lowest BCUT2D eigenvalue weighted by atomic mass is 10.1. The molecular formula is C15H12BrFN2O. The van der Waals surface area contributed by atoms with Gasteiger partial charge in [0.25, 0.3) is 0 Å². The Balaban J connectivity index is 2.15. The summed E-state index contributed by atoms with van der Waals surface area (Å²) in [6.45, 7) is 0.440. The van der Waals surface area contributed by atoms with Crippen molar-refractivity contribution in [3.05, 3.63) is 57.8 Å². The summed E-state index contributed by atoms with van der Waals surface area (Å²) in [7, 11) is 1.52. The van der Waals surface area contributed by atoms with Gasteiger partial charge in [0.05, 0.1) is 18.4 Å². The van der Waals surface area contributed by atoms with Crippen molar-refractivity contribution in [2.75, 3.05) is 12.4 Å². The first-order valence-electron chi connectivity index (χ1n) is 5.90. The predicted molar refractivity (Wildman–Crippen MR) is 79.1 cm³/mol.